The molecule has 0 unspecified atom stereocenters. The van der Waals surface area contributed by atoms with Crippen molar-refractivity contribution in [3.63, 3.8) is 0 Å². The van der Waals surface area contributed by atoms with E-state index in [2.05, 4.69) is 10.7 Å². The third-order valence-corrected chi connectivity index (χ3v) is 5.07. The minimum absolute atomic E-state index is 0.00376. The predicted octanol–water partition coefficient (Wildman–Crippen LogP) is 1.93. The maximum Gasteiger partial charge on any atom is 0.344 e. The number of nitrogens with one attached hydrogen (secondary N) is 2. The third-order valence-electron chi connectivity index (χ3n) is 5.07. The number of urea groups is 1. The van der Waals surface area contributed by atoms with Crippen LogP contribution in [0.1, 0.15) is 23.6 Å². The van der Waals surface area contributed by atoms with Gasteiger partial charge in [-0.2, -0.15) is 5.01 Å². The number of hydrazine groups is 1. The van der Waals surface area contributed by atoms with Crippen molar-refractivity contribution in [1.82, 2.24) is 20.7 Å². The molecule has 0 saturated carbocycles. The lowest BCUT2D eigenvalue weighted by atomic mass is 9.92. The minimum atomic E-state index is -1.23. The summed E-state index contributed by atoms with van der Waals surface area (Å²) in [6.07, 6.45) is 0. The Labute approximate surface area is 175 Å². The maximum atomic E-state index is 12.9. The number of aryl methyl sites for hydroxylation is 1. The van der Waals surface area contributed by atoms with Crippen molar-refractivity contribution in [2.75, 3.05) is 20.7 Å². The Hall–Kier alpha value is -3.39. The van der Waals surface area contributed by atoms with Crippen molar-refractivity contribution in [2.45, 2.75) is 25.9 Å². The summed E-state index contributed by atoms with van der Waals surface area (Å²) in [5.41, 5.74) is 3.86. The summed E-state index contributed by atoms with van der Waals surface area (Å²) in [4.78, 5) is 39.5. The summed E-state index contributed by atoms with van der Waals surface area (Å²) in [5.74, 6) is -0.263. The van der Waals surface area contributed by atoms with Crippen LogP contribution >= 0.6 is 0 Å². The molecule has 2 aromatic carbocycles. The first kappa shape index (κ1) is 21.3. The molecule has 0 spiro atoms. The molecule has 0 bridgehead atoms. The van der Waals surface area contributed by atoms with E-state index in [1.807, 2.05) is 31.2 Å². The van der Waals surface area contributed by atoms with Crippen LogP contribution in [0.4, 0.5) is 4.79 Å². The lowest BCUT2D eigenvalue weighted by molar-refractivity contribution is -0.139. The average molecular weight is 410 g/mol. The highest BCUT2D eigenvalue weighted by molar-refractivity contribution is 6.08. The van der Waals surface area contributed by atoms with Crippen molar-refractivity contribution < 1.29 is 19.1 Å². The van der Waals surface area contributed by atoms with Gasteiger partial charge < -0.3 is 10.1 Å². The smallest absolute Gasteiger partial charge is 0.344 e. The average Bonchev–Trinajstić information content (AvgIpc) is 2.92. The van der Waals surface area contributed by atoms with Crippen molar-refractivity contribution in [1.29, 1.82) is 0 Å². The van der Waals surface area contributed by atoms with Crippen LogP contribution in [0.2, 0.25) is 0 Å². The van der Waals surface area contributed by atoms with Gasteiger partial charge in [-0.1, -0.05) is 48.0 Å². The van der Waals surface area contributed by atoms with E-state index < -0.39 is 23.4 Å². The van der Waals surface area contributed by atoms with Crippen LogP contribution in [0, 0.1) is 6.92 Å². The lowest BCUT2D eigenvalue weighted by Gasteiger charge is -2.23. The second-order valence-corrected chi connectivity index (χ2v) is 7.58. The molecule has 1 aliphatic heterocycles. The highest BCUT2D eigenvalue weighted by atomic mass is 16.5. The zero-order valence-corrected chi connectivity index (χ0v) is 17.6. The molecule has 0 aliphatic carbocycles. The zero-order chi connectivity index (χ0) is 21.9. The number of hydrogen-bond donors (Lipinski definition) is 2. The van der Waals surface area contributed by atoms with Gasteiger partial charge in [0.05, 0.1) is 13.7 Å². The molecule has 1 aliphatic rings. The van der Waals surface area contributed by atoms with Crippen LogP contribution in [0.25, 0.3) is 0 Å². The first-order chi connectivity index (χ1) is 14.2. The zero-order valence-electron chi connectivity index (χ0n) is 17.6. The standard InChI is InChI=1S/C22H26N4O4/c1-15-10-11-18(30-4)16(12-15)13-25(3)14-19(27)24-26-20(28)22(2,23-21(26)29)17-8-6-5-7-9-17/h5-12H,13-14H2,1-4H3,(H,23,29)(H,24,27)/t22-/m0/s1. The van der Waals surface area contributed by atoms with Crippen LogP contribution in [0.5, 0.6) is 5.75 Å². The molecule has 8 nitrogen and oxygen atoms in total. The van der Waals surface area contributed by atoms with Gasteiger partial charge in [0.1, 0.15) is 11.3 Å². The minimum Gasteiger partial charge on any atom is -0.496 e. The predicted molar refractivity (Wildman–Crippen MR) is 111 cm³/mol. The van der Waals surface area contributed by atoms with Gasteiger partial charge in [0.2, 0.25) is 0 Å². The summed E-state index contributed by atoms with van der Waals surface area (Å²) in [7, 11) is 3.38. The fraction of sp³-hybridized carbons (Fsp3) is 0.318. The van der Waals surface area contributed by atoms with Gasteiger partial charge in [-0.25, -0.2) is 4.79 Å². The highest BCUT2D eigenvalue weighted by Crippen LogP contribution is 2.27. The largest absolute Gasteiger partial charge is 0.496 e. The molecule has 1 saturated heterocycles. The number of likely N-dealkylation sites (N-methyl/N-ethyl adjacent to an activating group) is 1. The van der Waals surface area contributed by atoms with Crippen LogP contribution in [-0.4, -0.2) is 48.5 Å². The summed E-state index contributed by atoms with van der Waals surface area (Å²) < 4.78 is 5.37. The molecule has 4 amide bonds. The number of rotatable bonds is 7. The second kappa shape index (κ2) is 8.54. The number of amides is 4. The molecule has 1 atom stereocenters. The number of nitrogens with zero attached hydrogens (tertiary/aromatic N) is 2. The molecule has 1 heterocycles. The van der Waals surface area contributed by atoms with E-state index in [0.29, 0.717) is 12.1 Å². The van der Waals surface area contributed by atoms with Gasteiger partial charge in [-0.3, -0.25) is 19.9 Å². The van der Waals surface area contributed by atoms with Crippen molar-refractivity contribution in [3.8, 4) is 5.75 Å². The van der Waals surface area contributed by atoms with E-state index in [-0.39, 0.29) is 6.54 Å². The Bertz CT molecular complexity index is 963. The molecule has 0 aromatic heterocycles. The molecule has 158 valence electrons. The van der Waals surface area contributed by atoms with Gasteiger partial charge >= 0.3 is 6.03 Å². The monoisotopic (exact) mass is 410 g/mol. The Morgan fingerprint density at radius 1 is 1.20 bits per heavy atom. The molecule has 1 fully saturated rings. The van der Waals surface area contributed by atoms with E-state index in [9.17, 15) is 14.4 Å². The molecule has 8 heteroatoms. The summed E-state index contributed by atoms with van der Waals surface area (Å²) in [6.45, 7) is 4.07. The topological polar surface area (TPSA) is 91.0 Å². The lowest BCUT2D eigenvalue weighted by Crippen LogP contribution is -2.50. The van der Waals surface area contributed by atoms with Crippen LogP contribution < -0.4 is 15.5 Å². The van der Waals surface area contributed by atoms with Crippen molar-refractivity contribution >= 4 is 17.8 Å². The Morgan fingerprint density at radius 2 is 1.90 bits per heavy atom. The first-order valence-corrected chi connectivity index (χ1v) is 9.58. The normalized spacial score (nSPS) is 18.5. The van der Waals surface area contributed by atoms with E-state index in [1.165, 1.54) is 0 Å². The van der Waals surface area contributed by atoms with Crippen molar-refractivity contribution in [2.24, 2.45) is 0 Å². The van der Waals surface area contributed by atoms with Gasteiger partial charge in [0.25, 0.3) is 11.8 Å². The van der Waals surface area contributed by atoms with Gasteiger partial charge in [0.15, 0.2) is 0 Å². The molecule has 2 aromatic rings. The number of imide groups is 1. The van der Waals surface area contributed by atoms with Crippen molar-refractivity contribution in [3.05, 3.63) is 65.2 Å². The summed E-state index contributed by atoms with van der Waals surface area (Å²) in [6, 6.07) is 14.1. The maximum absolute atomic E-state index is 12.9. The van der Waals surface area contributed by atoms with E-state index in [1.54, 1.807) is 50.2 Å². The number of carbonyl (C=O) groups excluding carboxylic acids is 3. The summed E-state index contributed by atoms with van der Waals surface area (Å²) >= 11 is 0. The first-order valence-electron chi connectivity index (χ1n) is 9.58. The fourth-order valence-electron chi connectivity index (χ4n) is 3.49. The van der Waals surface area contributed by atoms with Crippen LogP contribution in [0.15, 0.2) is 48.5 Å². The Morgan fingerprint density at radius 3 is 2.57 bits per heavy atom. The van der Waals surface area contributed by atoms with E-state index in [0.717, 1.165) is 21.9 Å². The molecule has 0 radical (unpaired) electrons. The highest BCUT2D eigenvalue weighted by Gasteiger charge is 2.49. The van der Waals surface area contributed by atoms with Gasteiger partial charge in [-0.15, -0.1) is 0 Å². The number of hydrogen-bond acceptors (Lipinski definition) is 5. The molecular formula is C22H26N4O4. The molecule has 30 heavy (non-hydrogen) atoms. The van der Waals surface area contributed by atoms with E-state index >= 15 is 0 Å². The quantitative estimate of drug-likeness (QED) is 0.681. The fourth-order valence-corrected chi connectivity index (χ4v) is 3.49. The Balaban J connectivity index is 1.64. The third kappa shape index (κ3) is 4.28. The van der Waals surface area contributed by atoms with Crippen LogP contribution in [-0.2, 0) is 21.7 Å². The second-order valence-electron chi connectivity index (χ2n) is 7.58. The van der Waals surface area contributed by atoms with E-state index in [4.69, 9.17) is 4.74 Å². The SMILES string of the molecule is COc1ccc(C)cc1CN(C)CC(=O)NN1C(=O)N[C@@](C)(c2ccccc2)C1=O. The number of benzene rings is 2. The molecular weight excluding hydrogens is 384 g/mol. The summed E-state index contributed by atoms with van der Waals surface area (Å²) in [5, 5.41) is 3.41. The number of carbonyl (C=O) groups is 3. The number of methoxy groups -OCH3 is 1. The molecule has 3 rings (SSSR count). The van der Waals surface area contributed by atoms with Gasteiger partial charge in [0, 0.05) is 12.1 Å². The number of ether oxygens (including phenoxy) is 1. The van der Waals surface area contributed by atoms with Gasteiger partial charge in [-0.05, 0) is 32.5 Å². The van der Waals surface area contributed by atoms with Crippen LogP contribution in [0.3, 0.4) is 0 Å². The Kier molecular flexibility index (Phi) is 6.07. The molecule has 2 N–H and O–H groups in total.